The highest BCUT2D eigenvalue weighted by molar-refractivity contribution is 5.97. The lowest BCUT2D eigenvalue weighted by Crippen LogP contribution is -2.29. The molecule has 2 amide bonds. The zero-order chi connectivity index (χ0) is 10.7. The Morgan fingerprint density at radius 2 is 2.29 bits per heavy atom. The van der Waals surface area contributed by atoms with Crippen LogP contribution in [0.25, 0.3) is 0 Å². The van der Waals surface area contributed by atoms with Gasteiger partial charge in [-0.05, 0) is 6.92 Å². The third-order valence-electron chi connectivity index (χ3n) is 1.58. The van der Waals surface area contributed by atoms with Crippen LogP contribution >= 0.6 is 0 Å². The van der Waals surface area contributed by atoms with Crippen LogP contribution in [0.4, 0.5) is 10.6 Å². The summed E-state index contributed by atoms with van der Waals surface area (Å²) in [5.74, 6) is -0.811. The highest BCUT2D eigenvalue weighted by Crippen LogP contribution is 2.08. The maximum atomic E-state index is 11.3. The molecule has 0 aliphatic carbocycles. The molecule has 0 saturated carbocycles. The first-order valence-corrected chi connectivity index (χ1v) is 3.98. The number of nitrogen functional groups attached to an aromatic ring is 1. The van der Waals surface area contributed by atoms with Gasteiger partial charge in [0.25, 0.3) is 5.91 Å². The minimum Gasteiger partial charge on any atom is -0.383 e. The molecule has 0 radical (unpaired) electrons. The zero-order valence-electron chi connectivity index (χ0n) is 7.65. The number of amides is 2. The molecule has 0 fully saturated rings. The third-order valence-corrected chi connectivity index (χ3v) is 1.58. The number of primary amides is 1. The summed E-state index contributed by atoms with van der Waals surface area (Å²) in [5.41, 5.74) is 10.3. The van der Waals surface area contributed by atoms with Gasteiger partial charge < -0.3 is 16.8 Å². The van der Waals surface area contributed by atoms with Gasteiger partial charge in [-0.3, -0.25) is 4.79 Å². The summed E-state index contributed by atoms with van der Waals surface area (Å²) in [6, 6.07) is -0.440. The van der Waals surface area contributed by atoms with Crippen molar-refractivity contribution in [3.63, 3.8) is 0 Å². The lowest BCUT2D eigenvalue weighted by atomic mass is 10.4. The molecule has 5 N–H and O–H groups in total. The van der Waals surface area contributed by atoms with Gasteiger partial charge in [0, 0.05) is 6.54 Å². The largest absolute Gasteiger partial charge is 0.383 e. The summed E-state index contributed by atoms with van der Waals surface area (Å²) < 4.78 is 1.03. The zero-order valence-corrected chi connectivity index (χ0v) is 7.65. The molecule has 0 aliphatic heterocycles. The van der Waals surface area contributed by atoms with E-state index in [0.29, 0.717) is 6.54 Å². The average molecular weight is 197 g/mol. The van der Waals surface area contributed by atoms with E-state index < -0.39 is 11.9 Å². The predicted octanol–water partition coefficient (Wildman–Crippen LogP) is -0.858. The Bertz CT molecular complexity index is 370. The fourth-order valence-electron chi connectivity index (χ4n) is 0.946. The first-order chi connectivity index (χ1) is 6.57. The van der Waals surface area contributed by atoms with E-state index in [2.05, 4.69) is 10.3 Å². The molecular weight excluding hydrogens is 186 g/mol. The Morgan fingerprint density at radius 1 is 1.64 bits per heavy atom. The Kier molecular flexibility index (Phi) is 2.70. The first-order valence-electron chi connectivity index (χ1n) is 3.98. The topological polar surface area (TPSA) is 116 Å². The van der Waals surface area contributed by atoms with Gasteiger partial charge in [0.1, 0.15) is 12.1 Å². The number of hydrogen-bond acceptors (Lipinski definition) is 4. The van der Waals surface area contributed by atoms with Crippen molar-refractivity contribution in [3.05, 3.63) is 12.0 Å². The van der Waals surface area contributed by atoms with Crippen LogP contribution in [0.3, 0.4) is 0 Å². The van der Waals surface area contributed by atoms with Gasteiger partial charge in [-0.2, -0.15) is 0 Å². The molecule has 76 valence electrons. The summed E-state index contributed by atoms with van der Waals surface area (Å²) in [7, 11) is 0. The second kappa shape index (κ2) is 3.77. The molecular formula is C7H11N5O2. The molecule has 1 heterocycles. The number of nitrogens with zero attached hydrogens (tertiary/aromatic N) is 2. The van der Waals surface area contributed by atoms with Gasteiger partial charge >= 0.3 is 6.03 Å². The standard InChI is InChI=1S/C7H11N5O2/c1-2-10-7(14)12-3-11-4(5(12)8)6(9)13/h3H,2,8H2,1H3,(H2,9,13)(H,10,14). The van der Waals surface area contributed by atoms with Crippen LogP contribution in [-0.2, 0) is 0 Å². The van der Waals surface area contributed by atoms with E-state index >= 15 is 0 Å². The van der Waals surface area contributed by atoms with Crippen molar-refractivity contribution in [1.82, 2.24) is 14.9 Å². The maximum absolute atomic E-state index is 11.3. The van der Waals surface area contributed by atoms with E-state index in [-0.39, 0.29) is 11.5 Å². The number of aromatic nitrogens is 2. The van der Waals surface area contributed by atoms with Crippen LogP contribution < -0.4 is 16.8 Å². The van der Waals surface area contributed by atoms with Crippen LogP contribution in [-0.4, -0.2) is 28.0 Å². The van der Waals surface area contributed by atoms with E-state index in [1.807, 2.05) is 0 Å². The Labute approximate surface area is 80.1 Å². The van der Waals surface area contributed by atoms with Gasteiger partial charge in [-0.25, -0.2) is 14.3 Å². The van der Waals surface area contributed by atoms with Gasteiger partial charge in [-0.1, -0.05) is 0 Å². The molecule has 1 rings (SSSR count). The smallest absolute Gasteiger partial charge is 0.328 e. The van der Waals surface area contributed by atoms with E-state index in [1.54, 1.807) is 6.92 Å². The summed E-state index contributed by atoms with van der Waals surface area (Å²) in [5, 5.41) is 2.51. The minimum absolute atomic E-state index is 0.0524. The molecule has 14 heavy (non-hydrogen) atoms. The monoisotopic (exact) mass is 197 g/mol. The van der Waals surface area contributed by atoms with Gasteiger partial charge in [0.05, 0.1) is 0 Å². The fourth-order valence-corrected chi connectivity index (χ4v) is 0.946. The quantitative estimate of drug-likeness (QED) is 0.572. The summed E-state index contributed by atoms with van der Waals surface area (Å²) >= 11 is 0. The number of nitrogens with one attached hydrogen (secondary N) is 1. The van der Waals surface area contributed by atoms with Crippen molar-refractivity contribution < 1.29 is 9.59 Å². The van der Waals surface area contributed by atoms with Crippen LogP contribution in [0.15, 0.2) is 6.33 Å². The van der Waals surface area contributed by atoms with Crippen LogP contribution in [0, 0.1) is 0 Å². The van der Waals surface area contributed by atoms with E-state index in [9.17, 15) is 9.59 Å². The number of imidazole rings is 1. The number of carbonyl (C=O) groups is 2. The Balaban J connectivity index is 3.00. The van der Waals surface area contributed by atoms with Gasteiger partial charge in [0.2, 0.25) is 0 Å². The molecule has 0 aliphatic rings. The number of hydrogen-bond donors (Lipinski definition) is 3. The third kappa shape index (κ3) is 1.65. The maximum Gasteiger partial charge on any atom is 0.328 e. The van der Waals surface area contributed by atoms with Crippen molar-refractivity contribution in [1.29, 1.82) is 0 Å². The molecule has 0 saturated heterocycles. The van der Waals surface area contributed by atoms with Crippen molar-refractivity contribution in [2.75, 3.05) is 12.3 Å². The van der Waals surface area contributed by atoms with Crippen molar-refractivity contribution in [2.45, 2.75) is 6.92 Å². The molecule has 0 atom stereocenters. The highest BCUT2D eigenvalue weighted by Gasteiger charge is 2.15. The fraction of sp³-hybridized carbons (Fsp3) is 0.286. The summed E-state index contributed by atoms with van der Waals surface area (Å²) in [6.45, 7) is 2.22. The van der Waals surface area contributed by atoms with Gasteiger partial charge in [0.15, 0.2) is 5.69 Å². The van der Waals surface area contributed by atoms with E-state index in [4.69, 9.17) is 11.5 Å². The second-order valence-electron chi connectivity index (χ2n) is 2.55. The second-order valence-corrected chi connectivity index (χ2v) is 2.55. The highest BCUT2D eigenvalue weighted by atomic mass is 16.2. The molecule has 0 bridgehead atoms. The molecule has 7 nitrogen and oxygen atoms in total. The van der Waals surface area contributed by atoms with Crippen LogP contribution in [0.2, 0.25) is 0 Å². The van der Waals surface area contributed by atoms with Crippen molar-refractivity contribution >= 4 is 17.8 Å². The minimum atomic E-state index is -0.759. The van der Waals surface area contributed by atoms with Crippen LogP contribution in [0.5, 0.6) is 0 Å². The van der Waals surface area contributed by atoms with Crippen molar-refractivity contribution in [3.8, 4) is 0 Å². The van der Waals surface area contributed by atoms with Crippen molar-refractivity contribution in [2.24, 2.45) is 5.73 Å². The number of anilines is 1. The molecule has 1 aromatic rings. The Hall–Kier alpha value is -2.05. The average Bonchev–Trinajstić information content (AvgIpc) is 2.47. The van der Waals surface area contributed by atoms with E-state index in [1.165, 1.54) is 0 Å². The normalized spacial score (nSPS) is 9.79. The number of nitrogens with two attached hydrogens (primary N) is 2. The van der Waals surface area contributed by atoms with Crippen LogP contribution in [0.1, 0.15) is 17.4 Å². The molecule has 0 unspecified atom stereocenters. The molecule has 7 heteroatoms. The molecule has 0 aromatic carbocycles. The number of carbonyl (C=O) groups excluding carboxylic acids is 2. The SMILES string of the molecule is CCNC(=O)n1cnc(C(N)=O)c1N. The Morgan fingerprint density at radius 3 is 2.71 bits per heavy atom. The van der Waals surface area contributed by atoms with E-state index in [0.717, 1.165) is 10.9 Å². The first kappa shape index (κ1) is 10.0. The predicted molar refractivity (Wildman–Crippen MR) is 49.6 cm³/mol. The number of rotatable bonds is 2. The summed E-state index contributed by atoms with van der Waals surface area (Å²) in [6.07, 6.45) is 1.15. The lowest BCUT2D eigenvalue weighted by molar-refractivity contribution is 0.0997. The summed E-state index contributed by atoms with van der Waals surface area (Å²) in [4.78, 5) is 25.7. The van der Waals surface area contributed by atoms with Gasteiger partial charge in [-0.15, -0.1) is 0 Å². The molecule has 0 spiro atoms. The molecule has 1 aromatic heterocycles. The lowest BCUT2D eigenvalue weighted by Gasteiger charge is -2.03.